The Morgan fingerprint density at radius 3 is 2.08 bits per heavy atom. The quantitative estimate of drug-likeness (QED) is 0.592. The largest absolute Gasteiger partial charge is 0.350 e. The van der Waals surface area contributed by atoms with Crippen LogP contribution in [0.25, 0.3) is 0 Å². The van der Waals surface area contributed by atoms with Gasteiger partial charge in [-0.25, -0.2) is 4.79 Å². The van der Waals surface area contributed by atoms with E-state index in [1.54, 1.807) is 18.3 Å². The molecule has 0 saturated carbocycles. The molecule has 0 radical (unpaired) electrons. The van der Waals surface area contributed by atoms with Crippen molar-refractivity contribution in [3.05, 3.63) is 96.3 Å². The second-order valence-corrected chi connectivity index (χ2v) is 5.02. The van der Waals surface area contributed by atoms with Crippen LogP contribution < -0.4 is 10.7 Å². The molecular weight excluding hydrogens is 300 g/mol. The number of carbonyl (C=O) groups excluding carboxylic acids is 1. The number of hydrogen-bond acceptors (Lipinski definition) is 3. The van der Waals surface area contributed by atoms with Crippen LogP contribution >= 0.6 is 0 Å². The first-order valence-corrected chi connectivity index (χ1v) is 7.46. The summed E-state index contributed by atoms with van der Waals surface area (Å²) in [6, 6.07) is 23.5. The maximum Gasteiger partial charge on any atom is 0.340 e. The van der Waals surface area contributed by atoms with Gasteiger partial charge in [0.15, 0.2) is 0 Å². The first-order valence-electron chi connectivity index (χ1n) is 7.46. The van der Waals surface area contributed by atoms with Gasteiger partial charge in [-0.3, -0.25) is 4.98 Å². The topological polar surface area (TPSA) is 71.6 Å². The molecule has 0 aliphatic heterocycles. The Hall–Kier alpha value is -3.47. The van der Waals surface area contributed by atoms with Crippen LogP contribution in [0.5, 0.6) is 0 Å². The second kappa shape index (κ2) is 7.19. The van der Waals surface area contributed by atoms with Gasteiger partial charge in [0.25, 0.3) is 0 Å². The summed E-state index contributed by atoms with van der Waals surface area (Å²) in [7, 11) is 0. The molecule has 1 heterocycles. The SMILES string of the molecule is NC(=O)N(N=C(c1ccccc1)c1ccccn1)c1ccccc1. The molecule has 2 amide bonds. The lowest BCUT2D eigenvalue weighted by molar-refractivity contribution is 0.254. The number of primary amides is 1. The average Bonchev–Trinajstić information content (AvgIpc) is 2.64. The molecule has 0 unspecified atom stereocenters. The van der Waals surface area contributed by atoms with Crippen LogP contribution in [0.4, 0.5) is 10.5 Å². The molecule has 0 atom stereocenters. The number of pyridine rings is 1. The Kier molecular flexibility index (Phi) is 4.62. The van der Waals surface area contributed by atoms with Gasteiger partial charge >= 0.3 is 6.03 Å². The normalized spacial score (nSPS) is 11.1. The zero-order valence-electron chi connectivity index (χ0n) is 12.9. The third-order valence-electron chi connectivity index (χ3n) is 3.36. The van der Waals surface area contributed by atoms with Gasteiger partial charge in [-0.2, -0.15) is 10.1 Å². The summed E-state index contributed by atoms with van der Waals surface area (Å²) < 4.78 is 0. The third-order valence-corrected chi connectivity index (χ3v) is 3.36. The number of hydrazone groups is 1. The molecule has 1 aromatic heterocycles. The third kappa shape index (κ3) is 3.47. The van der Waals surface area contributed by atoms with E-state index in [1.807, 2.05) is 66.7 Å². The minimum Gasteiger partial charge on any atom is -0.350 e. The van der Waals surface area contributed by atoms with Crippen LogP contribution in [0.15, 0.2) is 90.2 Å². The summed E-state index contributed by atoms with van der Waals surface area (Å²) in [5, 5.41) is 5.68. The minimum atomic E-state index is -0.662. The van der Waals surface area contributed by atoms with Crippen LogP contribution in [0, 0.1) is 0 Å². The first kappa shape index (κ1) is 15.4. The molecule has 2 aromatic carbocycles. The first-order chi connectivity index (χ1) is 11.8. The number of amides is 2. The molecule has 0 aliphatic rings. The van der Waals surface area contributed by atoms with Gasteiger partial charge in [-0.1, -0.05) is 54.6 Å². The lowest BCUT2D eigenvalue weighted by Crippen LogP contribution is -2.32. The van der Waals surface area contributed by atoms with Gasteiger partial charge in [0.2, 0.25) is 0 Å². The standard InChI is InChI=1S/C19H16N4O/c20-19(24)23(16-11-5-2-6-12-16)22-18(15-9-3-1-4-10-15)17-13-7-8-14-21-17/h1-14H,(H2,20,24). The van der Waals surface area contributed by atoms with Crippen molar-refractivity contribution >= 4 is 17.4 Å². The van der Waals surface area contributed by atoms with Crippen molar-refractivity contribution in [2.75, 3.05) is 5.01 Å². The number of nitrogens with zero attached hydrogens (tertiary/aromatic N) is 3. The van der Waals surface area contributed by atoms with E-state index in [0.717, 1.165) is 5.56 Å². The molecule has 2 N–H and O–H groups in total. The molecule has 3 rings (SSSR count). The van der Waals surface area contributed by atoms with E-state index in [-0.39, 0.29) is 0 Å². The van der Waals surface area contributed by atoms with Gasteiger partial charge in [0.05, 0.1) is 11.4 Å². The summed E-state index contributed by atoms with van der Waals surface area (Å²) in [6.07, 6.45) is 1.69. The Morgan fingerprint density at radius 2 is 1.50 bits per heavy atom. The average molecular weight is 316 g/mol. The zero-order chi connectivity index (χ0) is 16.8. The fourth-order valence-electron chi connectivity index (χ4n) is 2.26. The van der Waals surface area contributed by atoms with E-state index in [0.29, 0.717) is 17.1 Å². The number of nitrogens with two attached hydrogens (primary N) is 1. The number of rotatable bonds is 4. The van der Waals surface area contributed by atoms with Crippen LogP contribution in [0.1, 0.15) is 11.3 Å². The summed E-state index contributed by atoms with van der Waals surface area (Å²) >= 11 is 0. The summed E-state index contributed by atoms with van der Waals surface area (Å²) in [4.78, 5) is 16.3. The van der Waals surface area contributed by atoms with Gasteiger partial charge in [0, 0.05) is 11.8 Å². The number of para-hydroxylation sites is 1. The maximum atomic E-state index is 11.9. The van der Waals surface area contributed by atoms with E-state index in [2.05, 4.69) is 10.1 Å². The molecule has 3 aromatic rings. The fraction of sp³-hybridized carbons (Fsp3) is 0. The number of aromatic nitrogens is 1. The number of anilines is 1. The number of benzene rings is 2. The summed E-state index contributed by atoms with van der Waals surface area (Å²) in [5.41, 5.74) is 8.20. The van der Waals surface area contributed by atoms with Crippen LogP contribution in [0.2, 0.25) is 0 Å². The smallest absolute Gasteiger partial charge is 0.340 e. The Labute approximate surface area is 140 Å². The highest BCUT2D eigenvalue weighted by molar-refractivity contribution is 6.13. The lowest BCUT2D eigenvalue weighted by Gasteiger charge is -2.17. The Balaban J connectivity index is 2.13. The highest BCUT2D eigenvalue weighted by Gasteiger charge is 2.15. The molecule has 0 fully saturated rings. The van der Waals surface area contributed by atoms with Crippen molar-refractivity contribution in [3.8, 4) is 0 Å². The molecule has 0 saturated heterocycles. The van der Waals surface area contributed by atoms with Crippen molar-refractivity contribution in [2.24, 2.45) is 10.8 Å². The van der Waals surface area contributed by atoms with Crippen LogP contribution in [-0.2, 0) is 0 Å². The highest BCUT2D eigenvalue weighted by atomic mass is 16.2. The monoisotopic (exact) mass is 316 g/mol. The maximum absolute atomic E-state index is 11.9. The second-order valence-electron chi connectivity index (χ2n) is 5.02. The highest BCUT2D eigenvalue weighted by Crippen LogP contribution is 2.17. The number of carbonyl (C=O) groups is 1. The van der Waals surface area contributed by atoms with Crippen molar-refractivity contribution in [1.82, 2.24) is 4.98 Å². The molecular formula is C19H16N4O. The molecule has 5 nitrogen and oxygen atoms in total. The molecule has 5 heteroatoms. The van der Waals surface area contributed by atoms with E-state index < -0.39 is 6.03 Å². The molecule has 0 spiro atoms. The van der Waals surface area contributed by atoms with E-state index in [1.165, 1.54) is 5.01 Å². The van der Waals surface area contributed by atoms with Gasteiger partial charge < -0.3 is 5.73 Å². The van der Waals surface area contributed by atoms with Gasteiger partial charge in [-0.05, 0) is 24.3 Å². The summed E-state index contributed by atoms with van der Waals surface area (Å²) in [6.45, 7) is 0. The number of hydrogen-bond donors (Lipinski definition) is 1. The van der Waals surface area contributed by atoms with Gasteiger partial charge in [-0.15, -0.1) is 0 Å². The Bertz CT molecular complexity index is 792. The minimum absolute atomic E-state index is 0.568. The molecule has 0 bridgehead atoms. The predicted molar refractivity (Wildman–Crippen MR) is 94.8 cm³/mol. The molecule has 24 heavy (non-hydrogen) atoms. The van der Waals surface area contributed by atoms with E-state index >= 15 is 0 Å². The summed E-state index contributed by atoms with van der Waals surface area (Å²) in [5.74, 6) is 0. The Morgan fingerprint density at radius 1 is 0.875 bits per heavy atom. The molecule has 0 aliphatic carbocycles. The zero-order valence-corrected chi connectivity index (χ0v) is 12.9. The van der Waals surface area contributed by atoms with Gasteiger partial charge in [0.1, 0.15) is 5.71 Å². The fourth-order valence-corrected chi connectivity index (χ4v) is 2.26. The van der Waals surface area contributed by atoms with E-state index in [4.69, 9.17) is 5.73 Å². The van der Waals surface area contributed by atoms with Crippen molar-refractivity contribution < 1.29 is 4.79 Å². The lowest BCUT2D eigenvalue weighted by atomic mass is 10.1. The van der Waals surface area contributed by atoms with Crippen molar-refractivity contribution in [1.29, 1.82) is 0 Å². The number of urea groups is 1. The van der Waals surface area contributed by atoms with E-state index in [9.17, 15) is 4.79 Å². The predicted octanol–water partition coefficient (Wildman–Crippen LogP) is 3.42. The van der Waals surface area contributed by atoms with Crippen LogP contribution in [0.3, 0.4) is 0 Å². The van der Waals surface area contributed by atoms with Crippen LogP contribution in [-0.4, -0.2) is 16.7 Å². The molecule has 118 valence electrons. The van der Waals surface area contributed by atoms with Crippen molar-refractivity contribution in [2.45, 2.75) is 0 Å². The van der Waals surface area contributed by atoms with Crippen molar-refractivity contribution in [3.63, 3.8) is 0 Å².